The Balaban J connectivity index is 1.96. The molecule has 3 nitrogen and oxygen atoms in total. The first-order valence-corrected chi connectivity index (χ1v) is 8.22. The van der Waals surface area contributed by atoms with Crippen LogP contribution in [-0.4, -0.2) is 34.1 Å². The van der Waals surface area contributed by atoms with Crippen molar-refractivity contribution in [2.45, 2.75) is 31.8 Å². The molecule has 1 N–H and O–H groups in total. The van der Waals surface area contributed by atoms with Crippen molar-refractivity contribution in [2.24, 2.45) is 0 Å². The Morgan fingerprint density at radius 3 is 3.05 bits per heavy atom. The predicted octanol–water partition coefficient (Wildman–Crippen LogP) is 3.79. The zero-order valence-electron chi connectivity index (χ0n) is 11.0. The van der Waals surface area contributed by atoms with E-state index in [2.05, 4.69) is 62.3 Å². The quantitative estimate of drug-likeness (QED) is 0.626. The average molecular weight is 387 g/mol. The van der Waals surface area contributed by atoms with Gasteiger partial charge in [0, 0.05) is 16.2 Å². The van der Waals surface area contributed by atoms with E-state index < -0.39 is 0 Å². The Kier molecular flexibility index (Phi) is 3.96. The number of benzene rings is 1. The molecule has 2 aromatic rings. The van der Waals surface area contributed by atoms with Crippen LogP contribution in [0.3, 0.4) is 0 Å². The summed E-state index contributed by atoms with van der Waals surface area (Å²) in [5.74, 6) is 0. The molecule has 0 amide bonds. The fraction of sp³-hybridized carbons (Fsp3) is 0.500. The van der Waals surface area contributed by atoms with Crippen molar-refractivity contribution in [3.8, 4) is 0 Å². The van der Waals surface area contributed by atoms with Gasteiger partial charge in [-0.2, -0.15) is 0 Å². The Morgan fingerprint density at radius 1 is 1.42 bits per heavy atom. The fourth-order valence-electron chi connectivity index (χ4n) is 2.90. The summed E-state index contributed by atoms with van der Waals surface area (Å²) in [6.45, 7) is 2.20. The number of likely N-dealkylation sites (tertiary alicyclic amines) is 1. The zero-order chi connectivity index (χ0) is 13.4. The number of halogens is 1. The zero-order valence-corrected chi connectivity index (χ0v) is 14.0. The Bertz CT molecular complexity index is 646. The molecule has 1 atom stereocenters. The van der Waals surface area contributed by atoms with Crippen molar-refractivity contribution in [3.63, 3.8) is 0 Å². The highest BCUT2D eigenvalue weighted by molar-refractivity contribution is 14.1. The summed E-state index contributed by atoms with van der Waals surface area (Å²) < 4.78 is 4.34. The third-order valence-corrected chi connectivity index (χ3v) is 5.04. The monoisotopic (exact) mass is 387 g/mol. The number of piperidine rings is 1. The first kappa shape index (κ1) is 13.6. The maximum atomic E-state index is 5.49. The van der Waals surface area contributed by atoms with Crippen LogP contribution in [0.25, 0.3) is 11.0 Å². The van der Waals surface area contributed by atoms with E-state index in [1.54, 1.807) is 0 Å². The number of nitrogens with zero attached hydrogens (tertiary/aromatic N) is 2. The molecule has 1 aliphatic rings. The van der Waals surface area contributed by atoms with Crippen LogP contribution in [0.1, 0.15) is 19.3 Å². The van der Waals surface area contributed by atoms with Gasteiger partial charge in [-0.25, -0.2) is 0 Å². The van der Waals surface area contributed by atoms with Gasteiger partial charge in [0.1, 0.15) is 0 Å². The van der Waals surface area contributed by atoms with Crippen molar-refractivity contribution in [1.29, 1.82) is 0 Å². The van der Waals surface area contributed by atoms with Crippen LogP contribution in [0, 0.1) is 8.34 Å². The van der Waals surface area contributed by atoms with Crippen LogP contribution in [0.4, 0.5) is 0 Å². The maximum absolute atomic E-state index is 5.49. The van der Waals surface area contributed by atoms with Crippen LogP contribution >= 0.6 is 34.8 Å². The minimum Gasteiger partial charge on any atom is -0.331 e. The number of hydrogen-bond acceptors (Lipinski definition) is 2. The second-order valence-electron chi connectivity index (χ2n) is 5.33. The highest BCUT2D eigenvalue weighted by atomic mass is 127. The highest BCUT2D eigenvalue weighted by Crippen LogP contribution is 2.21. The molecule has 0 saturated carbocycles. The largest absolute Gasteiger partial charge is 0.331 e. The van der Waals surface area contributed by atoms with E-state index >= 15 is 0 Å². The summed E-state index contributed by atoms with van der Waals surface area (Å²) in [5, 5.41) is 0. The molecule has 1 aromatic carbocycles. The number of likely N-dealkylation sites (N-methyl/N-ethyl adjacent to an activating group) is 1. The number of nitrogens with one attached hydrogen (secondary N) is 1. The summed E-state index contributed by atoms with van der Waals surface area (Å²) in [6.07, 6.45) is 3.93. The molecule has 1 fully saturated rings. The number of aromatic nitrogens is 2. The first-order valence-electron chi connectivity index (χ1n) is 6.73. The lowest BCUT2D eigenvalue weighted by molar-refractivity contribution is 0.168. The van der Waals surface area contributed by atoms with Gasteiger partial charge in [-0.05, 0) is 79.4 Å². The normalized spacial score (nSPS) is 21.1. The second kappa shape index (κ2) is 5.54. The van der Waals surface area contributed by atoms with Crippen LogP contribution in [0.15, 0.2) is 18.2 Å². The second-order valence-corrected chi connectivity index (χ2v) is 6.96. The lowest BCUT2D eigenvalue weighted by Crippen LogP contribution is -2.39. The van der Waals surface area contributed by atoms with E-state index in [-0.39, 0.29) is 0 Å². The maximum Gasteiger partial charge on any atom is 0.178 e. The van der Waals surface area contributed by atoms with Gasteiger partial charge in [-0.15, -0.1) is 0 Å². The molecule has 5 heteroatoms. The van der Waals surface area contributed by atoms with Crippen molar-refractivity contribution in [3.05, 3.63) is 26.5 Å². The van der Waals surface area contributed by atoms with Gasteiger partial charge in [0.15, 0.2) is 4.77 Å². The molecule has 0 radical (unpaired) electrons. The van der Waals surface area contributed by atoms with Crippen molar-refractivity contribution in [1.82, 2.24) is 14.5 Å². The smallest absolute Gasteiger partial charge is 0.178 e. The minimum absolute atomic E-state index is 0.610. The van der Waals surface area contributed by atoms with Gasteiger partial charge >= 0.3 is 0 Å². The van der Waals surface area contributed by atoms with Gasteiger partial charge in [0.2, 0.25) is 0 Å². The fourth-order valence-corrected chi connectivity index (χ4v) is 3.68. The van der Waals surface area contributed by atoms with Crippen LogP contribution in [0.5, 0.6) is 0 Å². The molecular formula is C14H18IN3S. The molecule has 1 aliphatic heterocycles. The molecule has 0 bridgehead atoms. The van der Waals surface area contributed by atoms with Crippen LogP contribution in [-0.2, 0) is 6.54 Å². The van der Waals surface area contributed by atoms with E-state index in [1.165, 1.54) is 34.9 Å². The summed E-state index contributed by atoms with van der Waals surface area (Å²) in [6, 6.07) is 7.09. The van der Waals surface area contributed by atoms with Gasteiger partial charge < -0.3 is 14.5 Å². The van der Waals surface area contributed by atoms with E-state index in [0.29, 0.717) is 6.04 Å². The minimum atomic E-state index is 0.610. The molecule has 102 valence electrons. The molecule has 0 aliphatic carbocycles. The lowest BCUT2D eigenvalue weighted by Gasteiger charge is -2.32. The summed E-state index contributed by atoms with van der Waals surface area (Å²) in [5.41, 5.74) is 2.37. The van der Waals surface area contributed by atoms with E-state index in [9.17, 15) is 0 Å². The van der Waals surface area contributed by atoms with Gasteiger partial charge in [0.25, 0.3) is 0 Å². The lowest BCUT2D eigenvalue weighted by atomic mass is 10.0. The molecule has 2 heterocycles. The summed E-state index contributed by atoms with van der Waals surface area (Å²) >= 11 is 7.83. The van der Waals surface area contributed by atoms with Crippen LogP contribution < -0.4 is 0 Å². The molecule has 0 spiro atoms. The van der Waals surface area contributed by atoms with E-state index in [1.807, 2.05) is 0 Å². The van der Waals surface area contributed by atoms with Gasteiger partial charge in [-0.1, -0.05) is 6.42 Å². The average Bonchev–Trinajstić information content (AvgIpc) is 2.68. The Morgan fingerprint density at radius 2 is 2.26 bits per heavy atom. The SMILES string of the molecule is CN1CCCCC1Cn1c(=S)[nH]c2cc(I)ccc21. The summed E-state index contributed by atoms with van der Waals surface area (Å²) in [4.78, 5) is 5.80. The molecule has 1 aromatic heterocycles. The number of imidazole rings is 1. The third kappa shape index (κ3) is 2.73. The van der Waals surface area contributed by atoms with E-state index in [4.69, 9.17) is 12.2 Å². The van der Waals surface area contributed by atoms with Gasteiger partial charge in [-0.3, -0.25) is 0 Å². The van der Waals surface area contributed by atoms with Crippen molar-refractivity contribution in [2.75, 3.05) is 13.6 Å². The van der Waals surface area contributed by atoms with Crippen LogP contribution in [0.2, 0.25) is 0 Å². The molecule has 19 heavy (non-hydrogen) atoms. The first-order chi connectivity index (χ1) is 9.15. The number of H-pyrrole nitrogens is 1. The number of rotatable bonds is 2. The van der Waals surface area contributed by atoms with Crippen molar-refractivity contribution < 1.29 is 0 Å². The number of aromatic amines is 1. The Labute approximate surface area is 132 Å². The van der Waals surface area contributed by atoms with Gasteiger partial charge in [0.05, 0.1) is 11.0 Å². The molecular weight excluding hydrogens is 369 g/mol. The topological polar surface area (TPSA) is 24.0 Å². The summed E-state index contributed by atoms with van der Waals surface area (Å²) in [7, 11) is 2.23. The molecule has 3 rings (SSSR count). The predicted molar refractivity (Wildman–Crippen MR) is 90.1 cm³/mol. The van der Waals surface area contributed by atoms with E-state index in [0.717, 1.165) is 16.8 Å². The third-order valence-electron chi connectivity index (χ3n) is 4.05. The van der Waals surface area contributed by atoms with Crippen molar-refractivity contribution >= 4 is 45.8 Å². The molecule has 1 unspecified atom stereocenters. The Hall–Kier alpha value is -0.400. The number of fused-ring (bicyclic) bond motifs is 1. The number of hydrogen-bond donors (Lipinski definition) is 1. The highest BCUT2D eigenvalue weighted by Gasteiger charge is 2.20. The standard InChI is InChI=1S/C14H18IN3S/c1-17-7-3-2-4-11(17)9-18-13-6-5-10(15)8-12(13)16-14(18)19/h5-6,8,11H,2-4,7,9H2,1H3,(H,16,19). The molecule has 1 saturated heterocycles.